The largest absolute Gasteiger partial charge is 0.496 e. The van der Waals surface area contributed by atoms with E-state index in [9.17, 15) is 4.79 Å². The number of carbonyl (C=O) groups excluding carboxylic acids is 1. The van der Waals surface area contributed by atoms with E-state index in [0.717, 1.165) is 21.3 Å². The van der Waals surface area contributed by atoms with Crippen LogP contribution in [0, 0.1) is 0 Å². The monoisotopic (exact) mass is 414 g/mol. The molecule has 0 aliphatic heterocycles. The van der Waals surface area contributed by atoms with Crippen LogP contribution in [-0.4, -0.2) is 22.9 Å². The predicted molar refractivity (Wildman–Crippen MR) is 105 cm³/mol. The Labute approximate surface area is 160 Å². The molecule has 3 aromatic rings. The number of benzene rings is 2. The van der Waals surface area contributed by atoms with Crippen molar-refractivity contribution in [1.82, 2.24) is 15.1 Å². The van der Waals surface area contributed by atoms with Gasteiger partial charge in [0.1, 0.15) is 11.4 Å². The molecule has 0 aliphatic carbocycles. The highest BCUT2D eigenvalue weighted by molar-refractivity contribution is 9.10. The highest BCUT2D eigenvalue weighted by Crippen LogP contribution is 2.35. The average molecular weight is 415 g/mol. The molecule has 0 saturated heterocycles. The summed E-state index contributed by atoms with van der Waals surface area (Å²) in [5, 5.41) is 10.1. The van der Waals surface area contributed by atoms with Crippen molar-refractivity contribution in [1.29, 1.82) is 0 Å². The van der Waals surface area contributed by atoms with Gasteiger partial charge in [0.15, 0.2) is 0 Å². The molecule has 0 radical (unpaired) electrons. The van der Waals surface area contributed by atoms with Crippen LogP contribution < -0.4 is 15.4 Å². The van der Waals surface area contributed by atoms with Crippen LogP contribution in [0.5, 0.6) is 5.75 Å². The second-order valence-corrected chi connectivity index (χ2v) is 6.56. The van der Waals surface area contributed by atoms with Gasteiger partial charge in [-0.1, -0.05) is 30.3 Å². The SMILES string of the molecule is COc1ccc(NC(=O)NCc2ccccc2)cc1-c1nn(C)cc1Br. The number of aryl methyl sites for hydroxylation is 1. The lowest BCUT2D eigenvalue weighted by Crippen LogP contribution is -2.28. The molecule has 0 aliphatic rings. The van der Waals surface area contributed by atoms with E-state index in [2.05, 4.69) is 31.7 Å². The van der Waals surface area contributed by atoms with Crippen molar-refractivity contribution < 1.29 is 9.53 Å². The van der Waals surface area contributed by atoms with Crippen LogP contribution >= 0.6 is 15.9 Å². The van der Waals surface area contributed by atoms with E-state index in [1.165, 1.54) is 0 Å². The van der Waals surface area contributed by atoms with Gasteiger partial charge in [0, 0.05) is 31.0 Å². The number of nitrogens with one attached hydrogen (secondary N) is 2. The Morgan fingerprint density at radius 1 is 1.23 bits per heavy atom. The van der Waals surface area contributed by atoms with E-state index < -0.39 is 0 Å². The molecular weight excluding hydrogens is 396 g/mol. The Morgan fingerprint density at radius 3 is 2.65 bits per heavy atom. The Kier molecular flexibility index (Phi) is 5.58. The van der Waals surface area contributed by atoms with E-state index in [4.69, 9.17) is 4.74 Å². The van der Waals surface area contributed by atoms with Gasteiger partial charge >= 0.3 is 6.03 Å². The number of hydrogen-bond acceptors (Lipinski definition) is 3. The molecule has 26 heavy (non-hydrogen) atoms. The summed E-state index contributed by atoms with van der Waals surface area (Å²) in [4.78, 5) is 12.2. The first-order valence-electron chi connectivity index (χ1n) is 8.03. The second kappa shape index (κ2) is 8.05. The number of carbonyl (C=O) groups is 1. The number of methoxy groups -OCH3 is 1. The molecule has 2 N–H and O–H groups in total. The quantitative estimate of drug-likeness (QED) is 0.657. The fourth-order valence-electron chi connectivity index (χ4n) is 2.57. The highest BCUT2D eigenvalue weighted by Gasteiger charge is 2.14. The number of halogens is 1. The van der Waals surface area contributed by atoms with E-state index in [1.807, 2.05) is 55.7 Å². The molecule has 2 aromatic carbocycles. The molecule has 0 unspecified atom stereocenters. The Morgan fingerprint density at radius 2 is 2.00 bits per heavy atom. The molecule has 6 nitrogen and oxygen atoms in total. The van der Waals surface area contributed by atoms with Crippen LogP contribution in [0.3, 0.4) is 0 Å². The van der Waals surface area contributed by atoms with E-state index >= 15 is 0 Å². The maximum Gasteiger partial charge on any atom is 0.319 e. The van der Waals surface area contributed by atoms with Crippen LogP contribution in [0.4, 0.5) is 10.5 Å². The first-order valence-corrected chi connectivity index (χ1v) is 8.82. The zero-order valence-electron chi connectivity index (χ0n) is 14.5. The standard InChI is InChI=1S/C19H19BrN4O2/c1-24-12-16(20)18(23-24)15-10-14(8-9-17(15)26-2)22-19(25)21-11-13-6-4-3-5-7-13/h3-10,12H,11H2,1-2H3,(H2,21,22,25). The third kappa shape index (κ3) is 4.23. The van der Waals surface area contributed by atoms with E-state index in [1.54, 1.807) is 17.9 Å². The fraction of sp³-hybridized carbons (Fsp3) is 0.158. The van der Waals surface area contributed by atoms with Gasteiger partial charge in [-0.15, -0.1) is 0 Å². The zero-order chi connectivity index (χ0) is 18.5. The third-order valence-corrected chi connectivity index (χ3v) is 4.37. The van der Waals surface area contributed by atoms with Crippen LogP contribution in [-0.2, 0) is 13.6 Å². The predicted octanol–water partition coefficient (Wildman–Crippen LogP) is 4.18. The van der Waals surface area contributed by atoms with Crippen LogP contribution in [0.2, 0.25) is 0 Å². The molecule has 0 fully saturated rings. The number of hydrogen-bond donors (Lipinski definition) is 2. The number of amides is 2. The lowest BCUT2D eigenvalue weighted by molar-refractivity contribution is 0.251. The van der Waals surface area contributed by atoms with Gasteiger partial charge in [0.25, 0.3) is 0 Å². The second-order valence-electron chi connectivity index (χ2n) is 5.71. The average Bonchev–Trinajstić information content (AvgIpc) is 2.99. The number of rotatable bonds is 5. The number of urea groups is 1. The van der Waals surface area contributed by atoms with Gasteiger partial charge in [0.2, 0.25) is 0 Å². The van der Waals surface area contributed by atoms with E-state index in [0.29, 0.717) is 18.0 Å². The lowest BCUT2D eigenvalue weighted by atomic mass is 10.1. The van der Waals surface area contributed by atoms with Crippen LogP contribution in [0.1, 0.15) is 5.56 Å². The smallest absolute Gasteiger partial charge is 0.319 e. The first-order chi connectivity index (χ1) is 12.6. The van der Waals surface area contributed by atoms with Gasteiger partial charge in [0.05, 0.1) is 11.6 Å². The minimum Gasteiger partial charge on any atom is -0.496 e. The van der Waals surface area contributed by atoms with Gasteiger partial charge in [-0.25, -0.2) is 4.79 Å². The molecule has 1 aromatic heterocycles. The molecular formula is C19H19BrN4O2. The molecule has 1 heterocycles. The van der Waals surface area contributed by atoms with Gasteiger partial charge in [-0.05, 0) is 39.7 Å². The maximum atomic E-state index is 12.2. The number of aromatic nitrogens is 2. The lowest BCUT2D eigenvalue weighted by Gasteiger charge is -2.11. The normalized spacial score (nSPS) is 10.4. The fourth-order valence-corrected chi connectivity index (χ4v) is 3.16. The zero-order valence-corrected chi connectivity index (χ0v) is 16.1. The maximum absolute atomic E-state index is 12.2. The van der Waals surface area contributed by atoms with Crippen LogP contribution in [0.15, 0.2) is 59.2 Å². The summed E-state index contributed by atoms with van der Waals surface area (Å²) in [6.07, 6.45) is 1.86. The van der Waals surface area contributed by atoms with Gasteiger partial charge in [-0.3, -0.25) is 4.68 Å². The summed E-state index contributed by atoms with van der Waals surface area (Å²) in [6, 6.07) is 14.9. The molecule has 7 heteroatoms. The number of ether oxygens (including phenoxy) is 1. The summed E-state index contributed by atoms with van der Waals surface area (Å²) in [6.45, 7) is 0.460. The summed E-state index contributed by atoms with van der Waals surface area (Å²) >= 11 is 3.50. The van der Waals surface area contributed by atoms with Crippen molar-refractivity contribution in [2.45, 2.75) is 6.54 Å². The van der Waals surface area contributed by atoms with Crippen molar-refractivity contribution in [2.75, 3.05) is 12.4 Å². The van der Waals surface area contributed by atoms with Crippen molar-refractivity contribution in [2.24, 2.45) is 7.05 Å². The minimum absolute atomic E-state index is 0.273. The number of anilines is 1. The molecule has 0 saturated carbocycles. The third-order valence-electron chi connectivity index (χ3n) is 3.79. The Hall–Kier alpha value is -2.80. The molecule has 3 rings (SSSR count). The Balaban J connectivity index is 1.75. The summed E-state index contributed by atoms with van der Waals surface area (Å²) < 4.78 is 8.00. The first kappa shape index (κ1) is 18.0. The van der Waals surface area contributed by atoms with Crippen molar-refractivity contribution in [3.8, 4) is 17.0 Å². The van der Waals surface area contributed by atoms with Crippen molar-refractivity contribution in [3.63, 3.8) is 0 Å². The molecule has 0 bridgehead atoms. The van der Waals surface area contributed by atoms with Gasteiger partial charge < -0.3 is 15.4 Å². The van der Waals surface area contributed by atoms with E-state index in [-0.39, 0.29) is 6.03 Å². The summed E-state index contributed by atoms with van der Waals surface area (Å²) in [7, 11) is 3.45. The summed E-state index contributed by atoms with van der Waals surface area (Å²) in [5.41, 5.74) is 3.23. The molecule has 2 amide bonds. The topological polar surface area (TPSA) is 68.2 Å². The molecule has 0 atom stereocenters. The van der Waals surface area contributed by atoms with Crippen molar-refractivity contribution in [3.05, 3.63) is 64.8 Å². The molecule has 134 valence electrons. The highest BCUT2D eigenvalue weighted by atomic mass is 79.9. The Bertz CT molecular complexity index is 909. The van der Waals surface area contributed by atoms with Crippen molar-refractivity contribution >= 4 is 27.6 Å². The summed E-state index contributed by atoms with van der Waals surface area (Å²) in [5.74, 6) is 0.680. The van der Waals surface area contributed by atoms with Crippen LogP contribution in [0.25, 0.3) is 11.3 Å². The number of nitrogens with zero attached hydrogens (tertiary/aromatic N) is 2. The van der Waals surface area contributed by atoms with Gasteiger partial charge in [-0.2, -0.15) is 5.10 Å². The minimum atomic E-state index is -0.273. The molecule has 0 spiro atoms.